The molecule has 3 heteroatoms. The van der Waals surface area contributed by atoms with Gasteiger partial charge in [0, 0.05) is 0 Å². The molecule has 35 heavy (non-hydrogen) atoms. The normalized spacial score (nSPS) is 16.8. The summed E-state index contributed by atoms with van der Waals surface area (Å²) in [6.45, 7) is 0. The van der Waals surface area contributed by atoms with Crippen molar-refractivity contribution < 1.29 is 9.47 Å². The minimum Gasteiger partial charge on any atom is -0.496 e. The molecule has 2 saturated carbocycles. The lowest BCUT2D eigenvalue weighted by molar-refractivity contribution is 0.397. The first-order valence-electron chi connectivity index (χ1n) is 13.4. The zero-order valence-electron chi connectivity index (χ0n) is 21.5. The molecule has 0 bridgehead atoms. The van der Waals surface area contributed by atoms with Crippen molar-refractivity contribution in [2.24, 2.45) is 0 Å². The van der Waals surface area contributed by atoms with Crippen molar-refractivity contribution in [3.05, 3.63) is 77.9 Å². The Hall–Kier alpha value is -2.31. The van der Waals surface area contributed by atoms with Gasteiger partial charge >= 0.3 is 0 Å². The fourth-order valence-corrected chi connectivity index (χ4v) is 6.27. The minimum atomic E-state index is 0.819. The van der Waals surface area contributed by atoms with Crippen LogP contribution >= 0.6 is 9.24 Å². The zero-order valence-corrected chi connectivity index (χ0v) is 22.6. The largest absolute Gasteiger partial charge is 0.496 e. The summed E-state index contributed by atoms with van der Waals surface area (Å²) in [6.07, 6.45) is 14.5. The minimum absolute atomic E-state index is 0.819. The molecular formula is C32H41O2P. The third-order valence-electron chi connectivity index (χ3n) is 7.74. The van der Waals surface area contributed by atoms with E-state index in [4.69, 9.17) is 9.47 Å². The van der Waals surface area contributed by atoms with Gasteiger partial charge < -0.3 is 9.47 Å². The predicted octanol–water partition coefficient (Wildman–Crippen LogP) is 8.65. The van der Waals surface area contributed by atoms with Gasteiger partial charge in [0.15, 0.2) is 0 Å². The van der Waals surface area contributed by atoms with E-state index in [9.17, 15) is 0 Å². The summed E-state index contributed by atoms with van der Waals surface area (Å²) in [5.74, 6) is 3.38. The lowest BCUT2D eigenvalue weighted by atomic mass is 9.76. The van der Waals surface area contributed by atoms with E-state index in [-0.39, 0.29) is 0 Å². The van der Waals surface area contributed by atoms with Crippen LogP contribution in [0, 0.1) is 0 Å². The van der Waals surface area contributed by atoms with E-state index in [1.165, 1.54) is 64.2 Å². The molecule has 0 spiro atoms. The Bertz CT molecular complexity index is 1010. The Labute approximate surface area is 214 Å². The van der Waals surface area contributed by atoms with Crippen molar-refractivity contribution in [2.45, 2.75) is 76.0 Å². The van der Waals surface area contributed by atoms with Gasteiger partial charge in [-0.05, 0) is 71.6 Å². The molecule has 3 aromatic carbocycles. The molecule has 5 rings (SSSR count). The first kappa shape index (κ1) is 25.8. The Morgan fingerprint density at radius 3 is 1.49 bits per heavy atom. The summed E-state index contributed by atoms with van der Waals surface area (Å²) < 4.78 is 10.8. The molecule has 1 atom stereocenters. The van der Waals surface area contributed by atoms with Crippen molar-refractivity contribution in [3.8, 4) is 22.6 Å². The summed E-state index contributed by atoms with van der Waals surface area (Å²) in [7, 11) is 6.08. The van der Waals surface area contributed by atoms with Crippen molar-refractivity contribution in [3.63, 3.8) is 0 Å². The Balaban J connectivity index is 0.000000165. The molecule has 0 saturated heterocycles. The first-order valence-corrected chi connectivity index (χ1v) is 13.9. The maximum absolute atomic E-state index is 5.41. The van der Waals surface area contributed by atoms with Crippen LogP contribution in [0.3, 0.4) is 0 Å². The molecule has 0 heterocycles. The van der Waals surface area contributed by atoms with E-state index in [1.54, 1.807) is 25.3 Å². The van der Waals surface area contributed by atoms with Gasteiger partial charge in [-0.1, -0.05) is 93.1 Å². The fraction of sp³-hybridized carbons (Fsp3) is 0.438. The van der Waals surface area contributed by atoms with Crippen molar-refractivity contribution in [2.75, 3.05) is 14.2 Å². The van der Waals surface area contributed by atoms with Crippen molar-refractivity contribution in [1.82, 2.24) is 0 Å². The first-order chi connectivity index (χ1) is 17.2. The van der Waals surface area contributed by atoms with Gasteiger partial charge in [0.2, 0.25) is 0 Å². The van der Waals surface area contributed by atoms with Crippen LogP contribution < -0.4 is 14.8 Å². The molecule has 3 aromatic rings. The molecular weight excluding hydrogens is 447 g/mol. The van der Waals surface area contributed by atoms with Crippen LogP contribution in [-0.2, 0) is 0 Å². The van der Waals surface area contributed by atoms with Crippen LogP contribution in [0.15, 0.2) is 66.7 Å². The summed E-state index contributed by atoms with van der Waals surface area (Å²) in [5.41, 5.74) is 5.52. The van der Waals surface area contributed by atoms with Gasteiger partial charge in [0.05, 0.1) is 19.8 Å². The van der Waals surface area contributed by atoms with Crippen molar-refractivity contribution in [1.29, 1.82) is 0 Å². The van der Waals surface area contributed by atoms with Crippen LogP contribution in [0.2, 0.25) is 0 Å². The quantitative estimate of drug-likeness (QED) is 0.335. The highest BCUT2D eigenvalue weighted by Crippen LogP contribution is 2.41. The van der Waals surface area contributed by atoms with Gasteiger partial charge in [-0.25, -0.2) is 0 Å². The second-order valence-corrected chi connectivity index (χ2v) is 10.5. The molecule has 2 aliphatic rings. The summed E-state index contributed by atoms with van der Waals surface area (Å²) >= 11 is 0. The van der Waals surface area contributed by atoms with E-state index >= 15 is 0 Å². The number of ether oxygens (including phenoxy) is 2. The Morgan fingerprint density at radius 2 is 1.03 bits per heavy atom. The third-order valence-corrected chi connectivity index (χ3v) is 8.25. The maximum atomic E-state index is 5.41. The van der Waals surface area contributed by atoms with Gasteiger partial charge in [-0.15, -0.1) is 9.24 Å². The second-order valence-electron chi connectivity index (χ2n) is 9.92. The monoisotopic (exact) mass is 488 g/mol. The topological polar surface area (TPSA) is 18.5 Å². The summed E-state index contributed by atoms with van der Waals surface area (Å²) in [4.78, 5) is 0. The van der Waals surface area contributed by atoms with Crippen LogP contribution in [0.1, 0.15) is 87.2 Å². The summed E-state index contributed by atoms with van der Waals surface area (Å²) in [5, 5.41) is 1.12. The Morgan fingerprint density at radius 1 is 0.571 bits per heavy atom. The average molecular weight is 489 g/mol. The summed E-state index contributed by atoms with van der Waals surface area (Å²) in [6, 6.07) is 23.3. The molecule has 2 fully saturated rings. The highest BCUT2D eigenvalue weighted by Gasteiger charge is 2.23. The highest BCUT2D eigenvalue weighted by atomic mass is 31.0. The lowest BCUT2D eigenvalue weighted by Gasteiger charge is -2.29. The molecule has 1 unspecified atom stereocenters. The van der Waals surface area contributed by atoms with E-state index < -0.39 is 0 Å². The molecule has 0 amide bonds. The highest BCUT2D eigenvalue weighted by molar-refractivity contribution is 7.28. The van der Waals surface area contributed by atoms with Crippen LogP contribution in [-0.4, -0.2) is 14.2 Å². The van der Waals surface area contributed by atoms with Gasteiger partial charge in [-0.2, -0.15) is 0 Å². The molecule has 2 nitrogen and oxygen atoms in total. The van der Waals surface area contributed by atoms with Crippen molar-refractivity contribution >= 4 is 14.5 Å². The smallest absolute Gasteiger partial charge is 0.130 e. The second kappa shape index (κ2) is 13.1. The fourth-order valence-electron chi connectivity index (χ4n) is 5.92. The standard InChI is InChI=1S/C18H26.C14H15O2P/c1-3-9-15(10-4-1)17-13-7-8-14-18(17)16-11-5-2-6-12-16;1-15-11-7-5-8-12(16-2)14(11)10-6-3-4-9-13(10)17/h7-8,13-16H,1-6,9-12H2;3-9H,17H2,1-2H3. The van der Waals surface area contributed by atoms with E-state index in [1.807, 2.05) is 36.4 Å². The Kier molecular flexibility index (Phi) is 9.66. The van der Waals surface area contributed by atoms with Crippen LogP contribution in [0.4, 0.5) is 0 Å². The molecule has 0 aliphatic heterocycles. The molecule has 0 N–H and O–H groups in total. The predicted molar refractivity (Wildman–Crippen MR) is 152 cm³/mol. The van der Waals surface area contributed by atoms with Crippen LogP contribution in [0.25, 0.3) is 11.1 Å². The van der Waals surface area contributed by atoms with Gasteiger partial charge in [-0.3, -0.25) is 0 Å². The molecule has 2 aliphatic carbocycles. The number of benzene rings is 3. The number of hydrogen-bond donors (Lipinski definition) is 0. The van der Waals surface area contributed by atoms with E-state index in [2.05, 4.69) is 39.6 Å². The molecule has 0 radical (unpaired) electrons. The molecule has 186 valence electrons. The van der Waals surface area contributed by atoms with E-state index in [0.717, 1.165) is 39.8 Å². The SMILES string of the molecule is COc1cccc(OC)c1-c1ccccc1P.c1ccc(C2CCCCC2)c(C2CCCCC2)c1. The van der Waals surface area contributed by atoms with Gasteiger partial charge in [0.1, 0.15) is 11.5 Å². The maximum Gasteiger partial charge on any atom is 0.130 e. The number of rotatable bonds is 5. The lowest BCUT2D eigenvalue weighted by Crippen LogP contribution is -2.12. The van der Waals surface area contributed by atoms with Crippen LogP contribution in [0.5, 0.6) is 11.5 Å². The zero-order chi connectivity index (χ0) is 24.5. The van der Waals surface area contributed by atoms with Gasteiger partial charge in [0.25, 0.3) is 0 Å². The number of methoxy groups -OCH3 is 2. The van der Waals surface area contributed by atoms with E-state index in [0.29, 0.717) is 0 Å². The average Bonchev–Trinajstić information content (AvgIpc) is 2.94. The number of hydrogen-bond acceptors (Lipinski definition) is 2. The molecule has 0 aromatic heterocycles. The third kappa shape index (κ3) is 6.47.